The minimum absolute atomic E-state index is 0.147. The number of amides is 1. The fraction of sp³-hybridized carbons (Fsp3) is 0.538. The van der Waals surface area contributed by atoms with E-state index in [0.717, 1.165) is 25.7 Å². The van der Waals surface area contributed by atoms with E-state index in [1.807, 2.05) is 0 Å². The molecule has 2 rings (SSSR count). The van der Waals surface area contributed by atoms with Crippen molar-refractivity contribution in [2.24, 2.45) is 5.92 Å². The lowest BCUT2D eigenvalue weighted by Gasteiger charge is -2.25. The first-order valence-corrected chi connectivity index (χ1v) is 6.30. The van der Waals surface area contributed by atoms with E-state index < -0.39 is 0 Å². The number of nitrogens with one attached hydrogen (secondary N) is 2. The average Bonchev–Trinajstić information content (AvgIpc) is 2.38. The Kier molecular flexibility index (Phi) is 4.15. The van der Waals surface area contributed by atoms with E-state index in [9.17, 15) is 14.7 Å². The van der Waals surface area contributed by atoms with Crippen molar-refractivity contribution in [3.8, 4) is 0 Å². The first kappa shape index (κ1) is 12.8. The molecule has 0 saturated heterocycles. The summed E-state index contributed by atoms with van der Waals surface area (Å²) < 4.78 is 0. The lowest BCUT2D eigenvalue weighted by molar-refractivity contribution is 0.0909. The molecule has 1 aliphatic rings. The third kappa shape index (κ3) is 3.20. The number of aromatic nitrogens is 1. The normalized spacial score (nSPS) is 23.6. The predicted molar refractivity (Wildman–Crippen MR) is 67.4 cm³/mol. The van der Waals surface area contributed by atoms with Crippen molar-refractivity contribution in [3.63, 3.8) is 0 Å². The highest BCUT2D eigenvalue weighted by atomic mass is 16.3. The van der Waals surface area contributed by atoms with Gasteiger partial charge in [0.25, 0.3) is 5.91 Å². The molecule has 1 saturated carbocycles. The van der Waals surface area contributed by atoms with Crippen LogP contribution >= 0.6 is 0 Å². The van der Waals surface area contributed by atoms with Gasteiger partial charge in [0.05, 0.1) is 6.10 Å². The van der Waals surface area contributed by atoms with Gasteiger partial charge >= 0.3 is 0 Å². The van der Waals surface area contributed by atoms with Crippen LogP contribution in [0.3, 0.4) is 0 Å². The molecule has 0 atom stereocenters. The zero-order chi connectivity index (χ0) is 13.0. The molecular formula is C13H18N2O3. The molecule has 1 heterocycles. The van der Waals surface area contributed by atoms with Crippen molar-refractivity contribution < 1.29 is 9.90 Å². The van der Waals surface area contributed by atoms with E-state index in [2.05, 4.69) is 10.3 Å². The number of H-pyrrole nitrogens is 1. The van der Waals surface area contributed by atoms with Crippen LogP contribution in [0.25, 0.3) is 0 Å². The van der Waals surface area contributed by atoms with Crippen molar-refractivity contribution in [1.82, 2.24) is 10.3 Å². The molecule has 1 aromatic rings. The van der Waals surface area contributed by atoms with Crippen LogP contribution in [0.1, 0.15) is 36.0 Å². The van der Waals surface area contributed by atoms with Gasteiger partial charge in [-0.3, -0.25) is 9.59 Å². The van der Waals surface area contributed by atoms with Gasteiger partial charge in [-0.15, -0.1) is 0 Å². The molecule has 0 unspecified atom stereocenters. The highest BCUT2D eigenvalue weighted by Crippen LogP contribution is 2.23. The Bertz CT molecular complexity index is 461. The summed E-state index contributed by atoms with van der Waals surface area (Å²) in [5.41, 5.74) is -0.126. The van der Waals surface area contributed by atoms with Gasteiger partial charge in [-0.2, -0.15) is 0 Å². The van der Waals surface area contributed by atoms with Crippen molar-refractivity contribution in [2.45, 2.75) is 31.8 Å². The number of aliphatic hydroxyl groups excluding tert-OH is 1. The van der Waals surface area contributed by atoms with E-state index in [1.165, 1.54) is 18.5 Å². The summed E-state index contributed by atoms with van der Waals surface area (Å²) in [6.07, 6.45) is 6.18. The van der Waals surface area contributed by atoms with E-state index in [0.29, 0.717) is 12.5 Å². The van der Waals surface area contributed by atoms with Crippen LogP contribution in [0, 0.1) is 5.92 Å². The van der Waals surface area contributed by atoms with Crippen LogP contribution in [0.2, 0.25) is 0 Å². The molecule has 1 amide bonds. The van der Waals surface area contributed by atoms with Crippen LogP contribution < -0.4 is 10.7 Å². The molecular weight excluding hydrogens is 232 g/mol. The van der Waals surface area contributed by atoms with Crippen molar-refractivity contribution in [2.75, 3.05) is 6.54 Å². The summed E-state index contributed by atoms with van der Waals surface area (Å²) >= 11 is 0. The highest BCUT2D eigenvalue weighted by molar-refractivity contribution is 5.93. The van der Waals surface area contributed by atoms with Gasteiger partial charge < -0.3 is 15.4 Å². The van der Waals surface area contributed by atoms with E-state index in [-0.39, 0.29) is 23.0 Å². The number of carbonyl (C=O) groups excluding carboxylic acids is 1. The molecule has 1 aromatic heterocycles. The quantitative estimate of drug-likeness (QED) is 0.737. The first-order valence-electron chi connectivity index (χ1n) is 6.30. The topological polar surface area (TPSA) is 82.2 Å². The molecule has 0 aliphatic heterocycles. The number of aliphatic hydroxyl groups is 1. The molecule has 1 aliphatic carbocycles. The average molecular weight is 250 g/mol. The fourth-order valence-electron chi connectivity index (χ4n) is 2.27. The van der Waals surface area contributed by atoms with Crippen LogP contribution in [0.4, 0.5) is 0 Å². The van der Waals surface area contributed by atoms with Crippen molar-refractivity contribution in [3.05, 3.63) is 34.2 Å². The molecule has 0 spiro atoms. The second kappa shape index (κ2) is 5.82. The van der Waals surface area contributed by atoms with E-state index >= 15 is 0 Å². The van der Waals surface area contributed by atoms with Crippen LogP contribution in [0.15, 0.2) is 23.3 Å². The number of hydrogen-bond donors (Lipinski definition) is 3. The Labute approximate surface area is 105 Å². The summed E-state index contributed by atoms with van der Waals surface area (Å²) in [6, 6.07) is 1.34. The summed E-state index contributed by atoms with van der Waals surface area (Å²) in [5, 5.41) is 12.2. The fourth-order valence-corrected chi connectivity index (χ4v) is 2.27. The summed E-state index contributed by atoms with van der Waals surface area (Å²) in [7, 11) is 0. The Morgan fingerprint density at radius 3 is 2.78 bits per heavy atom. The third-order valence-electron chi connectivity index (χ3n) is 3.44. The molecule has 0 bridgehead atoms. The summed E-state index contributed by atoms with van der Waals surface area (Å²) in [4.78, 5) is 26.0. The molecule has 5 heteroatoms. The Morgan fingerprint density at radius 1 is 1.39 bits per heavy atom. The monoisotopic (exact) mass is 250 g/mol. The standard InChI is InChI=1S/C13H18N2O3/c16-10-3-1-9(2-4-10)7-15-13(18)11-8-14-6-5-12(11)17/h5-6,8-10,16H,1-4,7H2,(H,14,17)(H,15,18). The minimum Gasteiger partial charge on any atom is -0.393 e. The molecule has 1 fully saturated rings. The molecule has 5 nitrogen and oxygen atoms in total. The maximum Gasteiger partial charge on any atom is 0.256 e. The van der Waals surface area contributed by atoms with Crippen LogP contribution in [-0.4, -0.2) is 28.6 Å². The van der Waals surface area contributed by atoms with Gasteiger partial charge in [-0.05, 0) is 31.6 Å². The first-order chi connectivity index (χ1) is 8.66. The van der Waals surface area contributed by atoms with Gasteiger partial charge in [0.1, 0.15) is 5.56 Å². The molecule has 3 N–H and O–H groups in total. The SMILES string of the molecule is O=C(NCC1CCC(O)CC1)c1c[nH]ccc1=O. The molecule has 0 aromatic carbocycles. The predicted octanol–water partition coefficient (Wildman–Crippen LogP) is 0.656. The lowest BCUT2D eigenvalue weighted by Crippen LogP contribution is -2.34. The highest BCUT2D eigenvalue weighted by Gasteiger charge is 2.20. The summed E-state index contributed by atoms with van der Waals surface area (Å²) in [6.45, 7) is 0.569. The number of rotatable bonds is 3. The zero-order valence-corrected chi connectivity index (χ0v) is 10.2. The lowest BCUT2D eigenvalue weighted by atomic mass is 9.87. The van der Waals surface area contributed by atoms with Gasteiger partial charge in [0, 0.05) is 25.0 Å². The van der Waals surface area contributed by atoms with Gasteiger partial charge in [-0.1, -0.05) is 0 Å². The number of pyridine rings is 1. The summed E-state index contributed by atoms with van der Waals surface area (Å²) in [5.74, 6) is 0.0723. The van der Waals surface area contributed by atoms with Crippen molar-refractivity contribution in [1.29, 1.82) is 0 Å². The maximum atomic E-state index is 11.8. The van der Waals surface area contributed by atoms with Gasteiger partial charge in [-0.25, -0.2) is 0 Å². The second-order valence-electron chi connectivity index (χ2n) is 4.81. The second-order valence-corrected chi connectivity index (χ2v) is 4.81. The maximum absolute atomic E-state index is 11.8. The van der Waals surface area contributed by atoms with Crippen LogP contribution in [-0.2, 0) is 0 Å². The minimum atomic E-state index is -0.331. The zero-order valence-electron chi connectivity index (χ0n) is 10.2. The smallest absolute Gasteiger partial charge is 0.256 e. The van der Waals surface area contributed by atoms with Gasteiger partial charge in [0.2, 0.25) is 0 Å². The molecule has 0 radical (unpaired) electrons. The van der Waals surface area contributed by atoms with Gasteiger partial charge in [0.15, 0.2) is 5.43 Å². The largest absolute Gasteiger partial charge is 0.393 e. The van der Waals surface area contributed by atoms with Crippen molar-refractivity contribution >= 4 is 5.91 Å². The molecule has 98 valence electrons. The number of carbonyl (C=O) groups is 1. The van der Waals surface area contributed by atoms with Crippen LogP contribution in [0.5, 0.6) is 0 Å². The number of hydrogen-bond acceptors (Lipinski definition) is 3. The number of aromatic amines is 1. The third-order valence-corrected chi connectivity index (χ3v) is 3.44. The Hall–Kier alpha value is -1.62. The Morgan fingerprint density at radius 2 is 2.11 bits per heavy atom. The Balaban J connectivity index is 1.86. The van der Waals surface area contributed by atoms with E-state index in [1.54, 1.807) is 0 Å². The van der Waals surface area contributed by atoms with E-state index in [4.69, 9.17) is 0 Å². The molecule has 18 heavy (non-hydrogen) atoms.